The van der Waals surface area contributed by atoms with Crippen LogP contribution in [0.1, 0.15) is 0 Å². The summed E-state index contributed by atoms with van der Waals surface area (Å²) in [6.07, 6.45) is 0. The minimum atomic E-state index is -3.87. The summed E-state index contributed by atoms with van der Waals surface area (Å²) in [7, 11) is -11.4. The molecule has 6 heterocycles. The summed E-state index contributed by atoms with van der Waals surface area (Å²) in [6, 6.07) is 63.0. The minimum Gasteiger partial charge on any atom is -0.308 e. The molecule has 3 aliphatic heterocycles. The van der Waals surface area contributed by atoms with E-state index in [1.807, 2.05) is 109 Å². The number of hydrogen-bond acceptors (Lipinski definition) is 6. The second kappa shape index (κ2) is 13.4. The fourth-order valence-electron chi connectivity index (χ4n) is 12.4. The van der Waals surface area contributed by atoms with Crippen molar-refractivity contribution in [1.82, 2.24) is 13.7 Å². The van der Waals surface area contributed by atoms with E-state index >= 15 is 0 Å². The van der Waals surface area contributed by atoms with Crippen molar-refractivity contribution >= 4 is 94.9 Å². The third-order valence-corrected chi connectivity index (χ3v) is 20.9. The zero-order valence-electron chi connectivity index (χ0n) is 37.6. The molecule has 3 aliphatic rings. The number of aromatic nitrogens is 3. The second-order valence-electron chi connectivity index (χ2n) is 18.8. The van der Waals surface area contributed by atoms with Crippen LogP contribution in [0.3, 0.4) is 0 Å². The molecule has 12 heteroatoms. The average molecular weight is 988 g/mol. The van der Waals surface area contributed by atoms with Crippen molar-refractivity contribution in [2.24, 2.45) is 0 Å². The van der Waals surface area contributed by atoms with Gasteiger partial charge < -0.3 is 13.7 Å². The Morgan fingerprint density at radius 3 is 0.958 bits per heavy atom. The largest absolute Gasteiger partial charge is 0.308 e. The lowest BCUT2D eigenvalue weighted by atomic mass is 10.0. The van der Waals surface area contributed by atoms with Gasteiger partial charge >= 0.3 is 0 Å². The van der Waals surface area contributed by atoms with E-state index in [1.165, 1.54) is 0 Å². The van der Waals surface area contributed by atoms with Crippen LogP contribution >= 0.6 is 0 Å². The molecule has 9 nitrogen and oxygen atoms in total. The number of rotatable bonds is 3. The molecule has 72 heavy (non-hydrogen) atoms. The molecular formula is C60H33N3O6S3. The SMILES string of the molecule is O=S1(=O)c2ccccc2-c2cc(-n3c4ccccc4c4c3c3c5ccccc5n(-c5ccc6c(c5)S(=O)(=O)c5ccccc5-6)c3c3c5ccccc5n(-c5ccc6c(c5)-c5ccccc5S6(=O)=O)c43)ccc21. The first kappa shape index (κ1) is 40.2. The van der Waals surface area contributed by atoms with E-state index in [-0.39, 0.29) is 29.4 Å². The van der Waals surface area contributed by atoms with Gasteiger partial charge in [0.1, 0.15) is 0 Å². The fraction of sp³-hybridized carbons (Fsp3) is 0. The molecule has 0 atom stereocenters. The molecule has 0 unspecified atom stereocenters. The summed E-state index contributed by atoms with van der Waals surface area (Å²) in [5, 5.41) is 5.59. The van der Waals surface area contributed by atoms with E-state index in [9.17, 15) is 25.3 Å². The number of para-hydroxylation sites is 3. The van der Waals surface area contributed by atoms with Crippen molar-refractivity contribution in [2.75, 3.05) is 0 Å². The highest BCUT2D eigenvalue weighted by molar-refractivity contribution is 7.92. The van der Waals surface area contributed by atoms with Gasteiger partial charge in [0.2, 0.25) is 29.5 Å². The molecule has 0 bridgehead atoms. The van der Waals surface area contributed by atoms with E-state index in [4.69, 9.17) is 0 Å². The van der Waals surface area contributed by atoms with Gasteiger partial charge in [-0.05, 0) is 84.9 Å². The topological polar surface area (TPSA) is 117 Å². The summed E-state index contributed by atoms with van der Waals surface area (Å²) >= 11 is 0. The van der Waals surface area contributed by atoms with Crippen molar-refractivity contribution in [3.63, 3.8) is 0 Å². The molecule has 0 saturated heterocycles. The van der Waals surface area contributed by atoms with Crippen molar-refractivity contribution in [3.8, 4) is 50.4 Å². The zero-order valence-corrected chi connectivity index (χ0v) is 40.0. The molecule has 0 amide bonds. The Labute approximate surface area is 411 Å². The first-order chi connectivity index (χ1) is 35.0. The lowest BCUT2D eigenvalue weighted by molar-refractivity contribution is 0.597. The third-order valence-electron chi connectivity index (χ3n) is 15.3. The van der Waals surface area contributed by atoms with E-state index < -0.39 is 29.5 Å². The van der Waals surface area contributed by atoms with Gasteiger partial charge in [-0.3, -0.25) is 0 Å². The number of sulfone groups is 3. The molecular weight excluding hydrogens is 955 g/mol. The van der Waals surface area contributed by atoms with Gasteiger partial charge in [-0.2, -0.15) is 0 Å². The third kappa shape index (κ3) is 4.79. The number of hydrogen-bond donors (Lipinski definition) is 0. The number of nitrogens with zero attached hydrogens (tertiary/aromatic N) is 3. The molecule has 0 N–H and O–H groups in total. The molecule has 0 aliphatic carbocycles. The summed E-state index contributed by atoms with van der Waals surface area (Å²) in [5.41, 5.74) is 11.2. The molecule has 342 valence electrons. The lowest BCUT2D eigenvalue weighted by Gasteiger charge is -2.15. The molecule has 0 spiro atoms. The molecule has 16 rings (SSSR count). The average Bonchev–Trinajstić information content (AvgIpc) is 4.20. The van der Waals surface area contributed by atoms with Gasteiger partial charge in [-0.15, -0.1) is 0 Å². The molecule has 3 aromatic heterocycles. The van der Waals surface area contributed by atoms with Crippen LogP contribution in [0.5, 0.6) is 0 Å². The first-order valence-corrected chi connectivity index (χ1v) is 27.9. The predicted molar refractivity (Wildman–Crippen MR) is 282 cm³/mol. The van der Waals surface area contributed by atoms with Gasteiger partial charge in [0.25, 0.3) is 0 Å². The monoisotopic (exact) mass is 987 g/mol. The van der Waals surface area contributed by atoms with E-state index in [2.05, 4.69) is 50.1 Å². The Morgan fingerprint density at radius 2 is 0.542 bits per heavy atom. The van der Waals surface area contributed by atoms with Crippen LogP contribution in [0, 0.1) is 0 Å². The van der Waals surface area contributed by atoms with Gasteiger partial charge in [0, 0.05) is 82.8 Å². The Morgan fingerprint density at radius 1 is 0.250 bits per heavy atom. The van der Waals surface area contributed by atoms with Crippen LogP contribution in [-0.4, -0.2) is 39.0 Å². The first-order valence-electron chi connectivity index (χ1n) is 23.4. The highest BCUT2D eigenvalue weighted by Crippen LogP contribution is 2.53. The molecule has 13 aromatic rings. The predicted octanol–water partition coefficient (Wildman–Crippen LogP) is 13.4. The van der Waals surface area contributed by atoms with Crippen molar-refractivity contribution in [2.45, 2.75) is 29.4 Å². The maximum Gasteiger partial charge on any atom is 0.207 e. The second-order valence-corrected chi connectivity index (χ2v) is 24.4. The lowest BCUT2D eigenvalue weighted by Crippen LogP contribution is -2.01. The normalized spacial score (nSPS) is 15.3. The molecule has 10 aromatic carbocycles. The Bertz CT molecular complexity index is 4950. The standard InChI is InChI=1S/C60H33N3O6S3/c64-70(65)50-23-11-5-14-38(50)44-31-34(26-29-52(44)70)61-46-19-7-1-16-41(46)55-58-56(42-17-2-8-20-47(42)62(58)35-27-30-53-45(32-35)39-15-6-12-24-51(39)71(53,66)67)60-57(59(55)61)43-18-3-9-21-48(43)63(60)36-25-28-40-37-13-4-10-22-49(37)72(68,69)54(40)33-36/h1-33H. The van der Waals surface area contributed by atoms with Gasteiger partial charge in [0.05, 0.1) is 62.5 Å². The maximum atomic E-state index is 14.5. The summed E-state index contributed by atoms with van der Waals surface area (Å²) in [6.45, 7) is 0. The van der Waals surface area contributed by atoms with Crippen molar-refractivity contribution in [1.29, 1.82) is 0 Å². The molecule has 0 fully saturated rings. The van der Waals surface area contributed by atoms with Crippen molar-refractivity contribution < 1.29 is 25.3 Å². The van der Waals surface area contributed by atoms with E-state index in [0.717, 1.165) is 76.8 Å². The van der Waals surface area contributed by atoms with Crippen LogP contribution < -0.4 is 0 Å². The fourth-order valence-corrected chi connectivity index (χ4v) is 17.4. The van der Waals surface area contributed by atoms with Crippen LogP contribution in [0.2, 0.25) is 0 Å². The van der Waals surface area contributed by atoms with Crippen LogP contribution in [0.25, 0.3) is 116 Å². The van der Waals surface area contributed by atoms with Crippen LogP contribution in [-0.2, 0) is 29.5 Å². The smallest absolute Gasteiger partial charge is 0.207 e. The highest BCUT2D eigenvalue weighted by Gasteiger charge is 2.37. The van der Waals surface area contributed by atoms with Crippen LogP contribution in [0.4, 0.5) is 0 Å². The highest BCUT2D eigenvalue weighted by atomic mass is 32.2. The summed E-state index contributed by atoms with van der Waals surface area (Å²) in [5.74, 6) is 0. The van der Waals surface area contributed by atoms with Gasteiger partial charge in [-0.25, -0.2) is 25.3 Å². The summed E-state index contributed by atoms with van der Waals surface area (Å²) < 4.78 is 91.7. The Kier molecular flexibility index (Phi) is 7.51. The van der Waals surface area contributed by atoms with E-state index in [1.54, 1.807) is 54.6 Å². The summed E-state index contributed by atoms with van der Waals surface area (Å²) in [4.78, 5) is 1.59. The van der Waals surface area contributed by atoms with E-state index in [0.29, 0.717) is 39.1 Å². The van der Waals surface area contributed by atoms with Gasteiger partial charge in [0.15, 0.2) is 0 Å². The molecule has 0 radical (unpaired) electrons. The van der Waals surface area contributed by atoms with Gasteiger partial charge in [-0.1, -0.05) is 115 Å². The zero-order chi connectivity index (χ0) is 48.2. The number of benzene rings is 10. The number of fused-ring (bicyclic) bond motifs is 21. The maximum absolute atomic E-state index is 14.5. The minimum absolute atomic E-state index is 0.239. The Balaban J connectivity index is 1.13. The van der Waals surface area contributed by atoms with Crippen LogP contribution in [0.15, 0.2) is 230 Å². The quantitative estimate of drug-likeness (QED) is 0.174. The van der Waals surface area contributed by atoms with Crippen molar-refractivity contribution in [3.05, 3.63) is 200 Å². The molecule has 0 saturated carbocycles. The Hall–Kier alpha value is -8.55.